The number of rotatable bonds is 0. The molecule has 0 fully saturated rings. The van der Waals surface area contributed by atoms with Gasteiger partial charge in [0, 0.05) is 5.02 Å². The van der Waals surface area contributed by atoms with Crippen LogP contribution in [0.15, 0.2) is 27.4 Å². The van der Waals surface area contributed by atoms with Gasteiger partial charge in [-0.05, 0) is 18.2 Å². The second-order valence-corrected chi connectivity index (χ2v) is 5.35. The smallest absolute Gasteiger partial charge is 0.221 e. The molecule has 3 nitrogen and oxygen atoms in total. The first-order chi connectivity index (χ1) is 8.99. The third kappa shape index (κ3) is 1.98. The largest absolute Gasteiger partial charge is 0.451 e. The summed E-state index contributed by atoms with van der Waals surface area (Å²) in [4.78, 5) is 16.0. The van der Waals surface area contributed by atoms with Crippen molar-refractivity contribution in [2.75, 3.05) is 0 Å². The van der Waals surface area contributed by atoms with Gasteiger partial charge in [-0.3, -0.25) is 4.79 Å². The standard InChI is InChI=1S/C12H3Cl4NO2/c13-4-1-2-6-5(3-4)17-10-7(14)8(15)11(18)9(16)12(10)19-6/h1-3H. The fourth-order valence-electron chi connectivity index (χ4n) is 1.69. The molecule has 1 heterocycles. The Labute approximate surface area is 127 Å². The fraction of sp³-hybridized carbons (Fsp3) is 0. The van der Waals surface area contributed by atoms with Crippen LogP contribution in [0.4, 0.5) is 0 Å². The lowest BCUT2D eigenvalue weighted by molar-refractivity contribution is 0.613. The molecule has 0 N–H and O–H groups in total. The fourth-order valence-corrected chi connectivity index (χ4v) is 2.53. The lowest BCUT2D eigenvalue weighted by Gasteiger charge is -2.10. The number of fused-ring (bicyclic) bond motifs is 2. The van der Waals surface area contributed by atoms with Crippen molar-refractivity contribution in [3.05, 3.63) is 48.5 Å². The molecule has 1 aromatic rings. The van der Waals surface area contributed by atoms with Crippen LogP contribution in [0.2, 0.25) is 20.1 Å². The maximum Gasteiger partial charge on any atom is 0.221 e. The quantitative estimate of drug-likeness (QED) is 0.433. The van der Waals surface area contributed by atoms with Crippen LogP contribution >= 0.6 is 46.4 Å². The Balaban J connectivity index is 2.55. The predicted molar refractivity (Wildman–Crippen MR) is 76.9 cm³/mol. The molecule has 1 aliphatic heterocycles. The number of hydrogen-bond donors (Lipinski definition) is 0. The molecule has 1 aliphatic carbocycles. The van der Waals surface area contributed by atoms with Gasteiger partial charge in [-0.1, -0.05) is 46.4 Å². The zero-order chi connectivity index (χ0) is 13.7. The molecule has 19 heavy (non-hydrogen) atoms. The zero-order valence-corrected chi connectivity index (χ0v) is 12.0. The third-order valence-corrected chi connectivity index (χ3v) is 3.98. The van der Waals surface area contributed by atoms with Crippen molar-refractivity contribution in [2.24, 2.45) is 0 Å². The first-order valence-corrected chi connectivity index (χ1v) is 6.57. The van der Waals surface area contributed by atoms with Gasteiger partial charge in [0.25, 0.3) is 0 Å². The normalized spacial score (nSPS) is 11.4. The Bertz CT molecular complexity index is 843. The summed E-state index contributed by atoms with van der Waals surface area (Å²) in [5.74, 6) is 0.107. The van der Waals surface area contributed by atoms with Crippen LogP contribution in [0.3, 0.4) is 0 Å². The van der Waals surface area contributed by atoms with Crippen LogP contribution in [-0.4, -0.2) is 4.98 Å². The van der Waals surface area contributed by atoms with Crippen molar-refractivity contribution in [3.8, 4) is 11.5 Å². The van der Waals surface area contributed by atoms with Gasteiger partial charge in [-0.2, -0.15) is 0 Å². The minimum atomic E-state index is -0.584. The highest BCUT2D eigenvalue weighted by Gasteiger charge is 2.23. The molecule has 0 amide bonds. The molecule has 0 radical (unpaired) electrons. The molecule has 0 bridgehead atoms. The summed E-state index contributed by atoms with van der Waals surface area (Å²) in [7, 11) is 0. The number of halogens is 4. The molecule has 7 heteroatoms. The monoisotopic (exact) mass is 333 g/mol. The Kier molecular flexibility index (Phi) is 3.10. The van der Waals surface area contributed by atoms with Crippen LogP contribution < -0.4 is 5.43 Å². The van der Waals surface area contributed by atoms with Gasteiger partial charge in [0.1, 0.15) is 21.3 Å². The number of benzene rings is 2. The summed E-state index contributed by atoms with van der Waals surface area (Å²) in [6, 6.07) is 4.89. The molecular formula is C12H3Cl4NO2. The van der Waals surface area contributed by atoms with Crippen molar-refractivity contribution in [1.82, 2.24) is 4.98 Å². The molecule has 0 aromatic heterocycles. The minimum Gasteiger partial charge on any atom is -0.451 e. The van der Waals surface area contributed by atoms with Crippen molar-refractivity contribution in [2.45, 2.75) is 0 Å². The van der Waals surface area contributed by atoms with Gasteiger partial charge in [-0.15, -0.1) is 0 Å². The molecule has 0 saturated heterocycles. The van der Waals surface area contributed by atoms with E-state index in [0.29, 0.717) is 16.1 Å². The van der Waals surface area contributed by atoms with Crippen LogP contribution in [0.1, 0.15) is 0 Å². The van der Waals surface area contributed by atoms with Crippen LogP contribution in [-0.2, 0) is 0 Å². The maximum absolute atomic E-state index is 11.7. The lowest BCUT2D eigenvalue weighted by Crippen LogP contribution is -2.07. The summed E-state index contributed by atoms with van der Waals surface area (Å²) in [6.45, 7) is 0. The van der Waals surface area contributed by atoms with Gasteiger partial charge in [-0.25, -0.2) is 4.98 Å². The first kappa shape index (κ1) is 13.0. The second-order valence-electron chi connectivity index (χ2n) is 3.77. The zero-order valence-electron chi connectivity index (χ0n) is 9.01. The number of nitrogens with zero attached hydrogens (tertiary/aromatic N) is 1. The van der Waals surface area contributed by atoms with E-state index in [1.54, 1.807) is 18.2 Å². The van der Waals surface area contributed by atoms with Gasteiger partial charge in [0.2, 0.25) is 5.43 Å². The lowest BCUT2D eigenvalue weighted by atomic mass is 10.2. The van der Waals surface area contributed by atoms with Gasteiger partial charge < -0.3 is 4.42 Å². The molecule has 1 aromatic carbocycles. The Hall–Kier alpha value is -1.000. The Morgan fingerprint density at radius 1 is 1.00 bits per heavy atom. The Morgan fingerprint density at radius 2 is 1.74 bits per heavy atom. The molecule has 3 rings (SSSR count). The van der Waals surface area contributed by atoms with E-state index in [4.69, 9.17) is 50.8 Å². The molecule has 0 atom stereocenters. The van der Waals surface area contributed by atoms with Crippen molar-refractivity contribution in [3.63, 3.8) is 0 Å². The predicted octanol–water partition coefficient (Wildman–Crippen LogP) is 4.91. The Morgan fingerprint density at radius 3 is 2.47 bits per heavy atom. The van der Waals surface area contributed by atoms with Crippen LogP contribution in [0.5, 0.6) is 0 Å². The third-order valence-electron chi connectivity index (χ3n) is 2.58. The first-order valence-electron chi connectivity index (χ1n) is 5.05. The van der Waals surface area contributed by atoms with Crippen LogP contribution in [0, 0.1) is 0 Å². The molecule has 96 valence electrons. The molecule has 0 saturated carbocycles. The average Bonchev–Trinajstić information content (AvgIpc) is 2.41. The molecule has 0 spiro atoms. The maximum atomic E-state index is 11.7. The molecule has 0 unspecified atom stereocenters. The van der Waals surface area contributed by atoms with Gasteiger partial charge in [0.15, 0.2) is 11.3 Å². The van der Waals surface area contributed by atoms with Gasteiger partial charge >= 0.3 is 0 Å². The van der Waals surface area contributed by atoms with Gasteiger partial charge in [0.05, 0.1) is 5.02 Å². The van der Waals surface area contributed by atoms with E-state index >= 15 is 0 Å². The molecular weight excluding hydrogens is 332 g/mol. The van der Waals surface area contributed by atoms with Crippen molar-refractivity contribution in [1.29, 1.82) is 0 Å². The van der Waals surface area contributed by atoms with E-state index in [9.17, 15) is 4.79 Å². The van der Waals surface area contributed by atoms with Crippen molar-refractivity contribution >= 4 is 57.5 Å². The van der Waals surface area contributed by atoms with E-state index < -0.39 is 5.43 Å². The topological polar surface area (TPSA) is 43.1 Å². The summed E-state index contributed by atoms with van der Waals surface area (Å²) < 4.78 is 5.55. The van der Waals surface area contributed by atoms with E-state index in [0.717, 1.165) is 0 Å². The van der Waals surface area contributed by atoms with E-state index in [2.05, 4.69) is 4.98 Å². The molecule has 2 aliphatic rings. The summed E-state index contributed by atoms with van der Waals surface area (Å²) >= 11 is 23.6. The van der Waals surface area contributed by atoms with E-state index in [-0.39, 0.29) is 26.5 Å². The summed E-state index contributed by atoms with van der Waals surface area (Å²) in [5, 5.41) is 0.192. The van der Waals surface area contributed by atoms with Crippen LogP contribution in [0.25, 0.3) is 22.6 Å². The SMILES string of the molecule is O=c1c(Cl)c2oc3ccc(Cl)cc3nc-2c(Cl)c1Cl. The van der Waals surface area contributed by atoms with E-state index in [1.807, 2.05) is 0 Å². The van der Waals surface area contributed by atoms with Crippen molar-refractivity contribution < 1.29 is 4.42 Å². The highest BCUT2D eigenvalue weighted by atomic mass is 35.5. The average molecular weight is 335 g/mol. The van der Waals surface area contributed by atoms with E-state index in [1.165, 1.54) is 0 Å². The minimum absolute atomic E-state index is 0.0108. The summed E-state index contributed by atoms with van der Waals surface area (Å²) in [5.41, 5.74) is 0.579. The second kappa shape index (κ2) is 4.53. The number of hydrogen-bond acceptors (Lipinski definition) is 3. The highest BCUT2D eigenvalue weighted by molar-refractivity contribution is 6.45. The number of aromatic nitrogens is 1. The summed E-state index contributed by atoms with van der Waals surface area (Å²) in [6.07, 6.45) is 0. The highest BCUT2D eigenvalue weighted by Crippen LogP contribution is 2.38.